The first-order valence-electron chi connectivity index (χ1n) is 8.53. The number of anilines is 1. The number of fused-ring (bicyclic) bond motifs is 1. The zero-order valence-corrected chi connectivity index (χ0v) is 15.1. The Labute approximate surface area is 140 Å². The normalized spacial score (nSPS) is 13.7. The molecule has 3 rings (SSSR count). The molecule has 0 radical (unpaired) electrons. The highest BCUT2D eigenvalue weighted by Gasteiger charge is 2.40. The van der Waals surface area contributed by atoms with Crippen LogP contribution >= 0.6 is 0 Å². The number of nitrogens with zero attached hydrogens (tertiary/aromatic N) is 1. The summed E-state index contributed by atoms with van der Waals surface area (Å²) >= 11 is 0. The fourth-order valence-corrected chi connectivity index (χ4v) is 3.64. The summed E-state index contributed by atoms with van der Waals surface area (Å²) in [6.45, 7) is 11.2. The maximum absolute atomic E-state index is 6.39. The lowest BCUT2D eigenvalue weighted by Gasteiger charge is -2.25. The van der Waals surface area contributed by atoms with Gasteiger partial charge >= 0.3 is 7.05 Å². The van der Waals surface area contributed by atoms with E-state index in [1.54, 1.807) is 0 Å². The molecule has 23 heavy (non-hydrogen) atoms. The smallest absolute Gasteiger partial charge is 0.519 e. The van der Waals surface area contributed by atoms with E-state index in [2.05, 4.69) is 82.9 Å². The molecule has 1 aliphatic rings. The third-order valence-electron chi connectivity index (χ3n) is 4.81. The van der Waals surface area contributed by atoms with Gasteiger partial charge in [0.05, 0.1) is 5.69 Å². The van der Waals surface area contributed by atoms with E-state index in [1.807, 2.05) is 0 Å². The van der Waals surface area contributed by atoms with Crippen molar-refractivity contribution in [3.05, 3.63) is 53.1 Å². The highest BCUT2D eigenvalue weighted by Crippen LogP contribution is 2.38. The molecule has 0 aliphatic carbocycles. The maximum Gasteiger partial charge on any atom is 0.519 e. The number of para-hydroxylation sites is 1. The van der Waals surface area contributed by atoms with E-state index < -0.39 is 0 Å². The van der Waals surface area contributed by atoms with Crippen molar-refractivity contribution in [2.45, 2.75) is 46.5 Å². The molecule has 3 heteroatoms. The van der Waals surface area contributed by atoms with Gasteiger partial charge in [-0.25, -0.2) is 0 Å². The number of rotatable bonds is 3. The summed E-state index contributed by atoms with van der Waals surface area (Å²) < 4.78 is 6.39. The number of hydrogen-bond donors (Lipinski definition) is 0. The average Bonchev–Trinajstić information content (AvgIpc) is 2.84. The van der Waals surface area contributed by atoms with Crippen molar-refractivity contribution in [2.24, 2.45) is 0 Å². The van der Waals surface area contributed by atoms with Crippen LogP contribution in [0.25, 0.3) is 0 Å². The number of hydrogen-bond acceptors (Lipinski definition) is 2. The second-order valence-electron chi connectivity index (χ2n) is 7.16. The Hall–Kier alpha value is -1.90. The van der Waals surface area contributed by atoms with Crippen LogP contribution < -0.4 is 14.9 Å². The van der Waals surface area contributed by atoms with Crippen LogP contribution in [0, 0.1) is 6.92 Å². The Morgan fingerprint density at radius 3 is 2.00 bits per heavy atom. The van der Waals surface area contributed by atoms with Crippen LogP contribution in [0.4, 0.5) is 5.69 Å². The van der Waals surface area contributed by atoms with Crippen molar-refractivity contribution in [1.29, 1.82) is 0 Å². The average molecular weight is 307 g/mol. The highest BCUT2D eigenvalue weighted by molar-refractivity contribution is 6.74. The molecule has 0 N–H and O–H groups in total. The van der Waals surface area contributed by atoms with Gasteiger partial charge in [0.2, 0.25) is 0 Å². The molecule has 0 saturated carbocycles. The van der Waals surface area contributed by atoms with E-state index in [0.29, 0.717) is 11.8 Å². The maximum atomic E-state index is 6.39. The van der Waals surface area contributed by atoms with Gasteiger partial charge < -0.3 is 9.47 Å². The molecule has 0 unspecified atom stereocenters. The minimum atomic E-state index is -0.0397. The van der Waals surface area contributed by atoms with E-state index in [9.17, 15) is 0 Å². The molecule has 1 aliphatic heterocycles. The molecular formula is C20H26BNO. The van der Waals surface area contributed by atoms with Crippen LogP contribution in [-0.4, -0.2) is 14.1 Å². The van der Waals surface area contributed by atoms with Gasteiger partial charge in [0.25, 0.3) is 0 Å². The van der Waals surface area contributed by atoms with Gasteiger partial charge in [-0.05, 0) is 54.0 Å². The minimum absolute atomic E-state index is 0.0397. The lowest BCUT2D eigenvalue weighted by Crippen LogP contribution is -2.51. The van der Waals surface area contributed by atoms with Crippen LogP contribution in [0.1, 0.15) is 56.2 Å². The molecular weight excluding hydrogens is 281 g/mol. The van der Waals surface area contributed by atoms with Gasteiger partial charge in [0.1, 0.15) is 5.75 Å². The zero-order valence-electron chi connectivity index (χ0n) is 15.1. The fraction of sp³-hybridized carbons (Fsp3) is 0.400. The lowest BCUT2D eigenvalue weighted by molar-refractivity contribution is 0.600. The first-order valence-corrected chi connectivity index (χ1v) is 8.53. The van der Waals surface area contributed by atoms with Crippen LogP contribution in [0.5, 0.6) is 5.75 Å². The monoisotopic (exact) mass is 307 g/mol. The fourth-order valence-electron chi connectivity index (χ4n) is 3.64. The zero-order chi connectivity index (χ0) is 16.7. The van der Waals surface area contributed by atoms with Crippen LogP contribution in [-0.2, 0) is 0 Å². The Morgan fingerprint density at radius 1 is 0.913 bits per heavy atom. The predicted octanol–water partition coefficient (Wildman–Crippen LogP) is 4.47. The summed E-state index contributed by atoms with van der Waals surface area (Å²) in [5.41, 5.74) is 6.60. The topological polar surface area (TPSA) is 12.5 Å². The molecule has 0 spiro atoms. The Balaban J connectivity index is 2.15. The van der Waals surface area contributed by atoms with Crippen molar-refractivity contribution in [3.8, 4) is 5.75 Å². The number of aryl methyl sites for hydroxylation is 1. The second-order valence-corrected chi connectivity index (χ2v) is 7.16. The van der Waals surface area contributed by atoms with Gasteiger partial charge in [0, 0.05) is 0 Å². The Bertz CT molecular complexity index is 697. The van der Waals surface area contributed by atoms with E-state index in [4.69, 9.17) is 4.65 Å². The minimum Gasteiger partial charge on any atom is -0.536 e. The molecule has 0 amide bonds. The van der Waals surface area contributed by atoms with Gasteiger partial charge in [-0.3, -0.25) is 0 Å². The standard InChI is InChI=1S/C20H26BNO/c1-13(2)16-10-8-11-17(14(3)4)19(16)21-22(6)20-15(5)9-7-12-18(20)23-21/h7-14H,1-6H3. The van der Waals surface area contributed by atoms with Gasteiger partial charge in [-0.15, -0.1) is 0 Å². The van der Waals surface area contributed by atoms with Gasteiger partial charge in [-0.2, -0.15) is 0 Å². The van der Waals surface area contributed by atoms with Gasteiger partial charge in [-0.1, -0.05) is 58.0 Å². The first-order chi connectivity index (χ1) is 10.9. The van der Waals surface area contributed by atoms with E-state index in [0.717, 1.165) is 5.75 Å². The summed E-state index contributed by atoms with van der Waals surface area (Å²) in [5.74, 6) is 1.95. The molecule has 0 aromatic heterocycles. The third kappa shape index (κ3) is 2.63. The van der Waals surface area contributed by atoms with Crippen molar-refractivity contribution in [1.82, 2.24) is 0 Å². The predicted molar refractivity (Wildman–Crippen MR) is 100 cm³/mol. The van der Waals surface area contributed by atoms with Crippen LogP contribution in [0.15, 0.2) is 36.4 Å². The van der Waals surface area contributed by atoms with Crippen LogP contribution in [0.3, 0.4) is 0 Å². The third-order valence-corrected chi connectivity index (χ3v) is 4.81. The van der Waals surface area contributed by atoms with E-state index in [1.165, 1.54) is 27.8 Å². The molecule has 120 valence electrons. The van der Waals surface area contributed by atoms with E-state index in [-0.39, 0.29) is 7.05 Å². The molecule has 2 aromatic rings. The van der Waals surface area contributed by atoms with Crippen molar-refractivity contribution >= 4 is 18.2 Å². The first kappa shape index (κ1) is 16.0. The van der Waals surface area contributed by atoms with Gasteiger partial charge in [0.15, 0.2) is 0 Å². The lowest BCUT2D eigenvalue weighted by atomic mass is 9.64. The molecule has 2 nitrogen and oxygen atoms in total. The van der Waals surface area contributed by atoms with Crippen molar-refractivity contribution in [2.75, 3.05) is 11.9 Å². The van der Waals surface area contributed by atoms with Crippen molar-refractivity contribution < 1.29 is 4.65 Å². The molecule has 0 atom stereocenters. The summed E-state index contributed by atoms with van der Waals surface area (Å²) in [6.07, 6.45) is 0. The SMILES string of the molecule is Cc1cccc2c1N(C)B(c1c(C(C)C)cccc1C(C)C)O2. The summed E-state index contributed by atoms with van der Waals surface area (Å²) in [5, 5.41) is 0. The number of benzene rings is 2. The highest BCUT2D eigenvalue weighted by atomic mass is 16.5. The second kappa shape index (κ2) is 5.95. The van der Waals surface area contributed by atoms with E-state index >= 15 is 0 Å². The van der Waals surface area contributed by atoms with Crippen LogP contribution in [0.2, 0.25) is 0 Å². The molecule has 2 aromatic carbocycles. The summed E-state index contributed by atoms with van der Waals surface area (Å²) in [6, 6.07) is 13.0. The largest absolute Gasteiger partial charge is 0.536 e. The summed E-state index contributed by atoms with van der Waals surface area (Å²) in [7, 11) is 2.10. The van der Waals surface area contributed by atoms with Crippen molar-refractivity contribution in [3.63, 3.8) is 0 Å². The Kier molecular flexibility index (Phi) is 4.14. The Morgan fingerprint density at radius 2 is 1.48 bits per heavy atom. The molecule has 0 saturated heterocycles. The summed E-state index contributed by atoms with van der Waals surface area (Å²) in [4.78, 5) is 2.29. The quantitative estimate of drug-likeness (QED) is 0.776. The molecule has 0 bridgehead atoms. The molecule has 1 heterocycles. The molecule has 0 fully saturated rings.